The van der Waals surface area contributed by atoms with Gasteiger partial charge in [-0.3, -0.25) is 0 Å². The van der Waals surface area contributed by atoms with E-state index in [2.05, 4.69) is 4.98 Å². The Labute approximate surface area is 79.8 Å². The van der Waals surface area contributed by atoms with Crippen molar-refractivity contribution < 1.29 is 9.90 Å². The molecule has 3 N–H and O–H groups in total. The van der Waals surface area contributed by atoms with Crippen LogP contribution in [0, 0.1) is 0 Å². The number of anilines is 1. The van der Waals surface area contributed by atoms with Crippen LogP contribution in [0.3, 0.4) is 0 Å². The van der Waals surface area contributed by atoms with Crippen molar-refractivity contribution in [2.45, 2.75) is 0 Å². The Bertz CT molecular complexity index is 304. The monoisotopic (exact) mass is 208 g/mol. The van der Waals surface area contributed by atoms with Crippen molar-refractivity contribution in [3.8, 4) is 0 Å². The van der Waals surface area contributed by atoms with Crippen molar-refractivity contribution in [1.29, 1.82) is 0 Å². The number of carboxylic acids is 1. The van der Waals surface area contributed by atoms with Crippen molar-refractivity contribution in [2.75, 3.05) is 5.73 Å². The number of hydrogen-bond acceptors (Lipinski definition) is 3. The summed E-state index contributed by atoms with van der Waals surface area (Å²) in [5.74, 6) is -1.18. The summed E-state index contributed by atoms with van der Waals surface area (Å²) in [6.45, 7) is 0. The number of hydrogen-bond donors (Lipinski definition) is 2. The van der Waals surface area contributed by atoms with E-state index in [0.717, 1.165) is 0 Å². The maximum absolute atomic E-state index is 10.4. The second kappa shape index (κ2) is 4.13. The highest BCUT2D eigenvalue weighted by Gasteiger charge is 2.11. The highest BCUT2D eigenvalue weighted by atomic mass is 35.5. The molecule has 0 saturated heterocycles. The Morgan fingerprint density at radius 3 is 2.67 bits per heavy atom. The van der Waals surface area contributed by atoms with Gasteiger partial charge in [-0.15, -0.1) is 12.4 Å². The smallest absolute Gasteiger partial charge is 0.356 e. The highest BCUT2D eigenvalue weighted by Crippen LogP contribution is 2.20. The van der Waals surface area contributed by atoms with E-state index >= 15 is 0 Å². The molecule has 1 aromatic heterocycles. The Morgan fingerprint density at radius 1 is 1.67 bits per heavy atom. The molecule has 0 amide bonds. The van der Waals surface area contributed by atoms with Gasteiger partial charge in [0.05, 0.1) is 10.7 Å². The maximum atomic E-state index is 10.4. The minimum Gasteiger partial charge on any atom is -0.476 e. The first-order chi connectivity index (χ1) is 5.13. The number of carbonyl (C=O) groups is 1. The fraction of sp³-hybridized carbons (Fsp3) is 0. The van der Waals surface area contributed by atoms with Crippen LogP contribution in [0.5, 0.6) is 0 Å². The van der Waals surface area contributed by atoms with Gasteiger partial charge >= 0.3 is 5.97 Å². The number of carboxylic acid groups (broad SMARTS) is 1. The molecule has 0 atom stereocenters. The standard InChI is InChI=1S/C6H5ClN2O2.ClH/c7-4-3(8)1-2-9-5(4)6(10)11;/h1-2H,(H2,8,9)(H,10,11);1H. The van der Waals surface area contributed by atoms with E-state index in [9.17, 15) is 4.79 Å². The first-order valence-corrected chi connectivity index (χ1v) is 3.14. The molecule has 1 aromatic rings. The third kappa shape index (κ3) is 1.99. The average molecular weight is 209 g/mol. The SMILES string of the molecule is Cl.Nc1ccnc(C(=O)O)c1Cl. The van der Waals surface area contributed by atoms with E-state index in [1.807, 2.05) is 0 Å². The van der Waals surface area contributed by atoms with Crippen LogP contribution in [0.15, 0.2) is 12.3 Å². The molecule has 0 aliphatic heterocycles. The van der Waals surface area contributed by atoms with Gasteiger partial charge in [0.1, 0.15) is 0 Å². The van der Waals surface area contributed by atoms with Crippen LogP contribution in [0.4, 0.5) is 5.69 Å². The van der Waals surface area contributed by atoms with Gasteiger partial charge in [0.2, 0.25) is 0 Å². The number of nitrogens with zero attached hydrogens (tertiary/aromatic N) is 1. The molecule has 12 heavy (non-hydrogen) atoms. The van der Waals surface area contributed by atoms with Crippen LogP contribution in [-0.2, 0) is 0 Å². The topological polar surface area (TPSA) is 76.2 Å². The number of halogens is 2. The Balaban J connectivity index is 0.00000121. The van der Waals surface area contributed by atoms with E-state index in [4.69, 9.17) is 22.4 Å². The van der Waals surface area contributed by atoms with Gasteiger partial charge in [0, 0.05) is 6.20 Å². The van der Waals surface area contributed by atoms with Crippen molar-refractivity contribution in [3.63, 3.8) is 0 Å². The van der Waals surface area contributed by atoms with E-state index < -0.39 is 5.97 Å². The van der Waals surface area contributed by atoms with Crippen molar-refractivity contribution >= 4 is 35.7 Å². The second-order valence-electron chi connectivity index (χ2n) is 1.87. The molecule has 0 radical (unpaired) electrons. The largest absolute Gasteiger partial charge is 0.476 e. The fourth-order valence-corrected chi connectivity index (χ4v) is 0.800. The highest BCUT2D eigenvalue weighted by molar-refractivity contribution is 6.35. The van der Waals surface area contributed by atoms with Crippen molar-refractivity contribution in [3.05, 3.63) is 23.0 Å². The van der Waals surface area contributed by atoms with E-state index in [1.54, 1.807) is 0 Å². The summed E-state index contributed by atoms with van der Waals surface area (Å²) < 4.78 is 0. The van der Waals surface area contributed by atoms with Crippen LogP contribution in [0.25, 0.3) is 0 Å². The maximum Gasteiger partial charge on any atom is 0.356 e. The zero-order chi connectivity index (χ0) is 8.43. The molecule has 6 heteroatoms. The van der Waals surface area contributed by atoms with Gasteiger partial charge in [0.25, 0.3) is 0 Å². The molecule has 0 aliphatic rings. The van der Waals surface area contributed by atoms with Crippen LogP contribution in [0.2, 0.25) is 5.02 Å². The zero-order valence-corrected chi connectivity index (χ0v) is 7.39. The molecule has 0 saturated carbocycles. The number of nitrogens with two attached hydrogens (primary N) is 1. The Kier molecular flexibility index (Phi) is 3.79. The average Bonchev–Trinajstić information content (AvgIpc) is 1.94. The molecule has 4 nitrogen and oxygen atoms in total. The molecule has 0 bridgehead atoms. The molecule has 0 aromatic carbocycles. The fourth-order valence-electron chi connectivity index (χ4n) is 0.608. The molecule has 66 valence electrons. The van der Waals surface area contributed by atoms with E-state index in [0.29, 0.717) is 0 Å². The van der Waals surface area contributed by atoms with Gasteiger partial charge in [-0.05, 0) is 6.07 Å². The molecular weight excluding hydrogens is 203 g/mol. The zero-order valence-electron chi connectivity index (χ0n) is 5.82. The van der Waals surface area contributed by atoms with Crippen LogP contribution in [0.1, 0.15) is 10.5 Å². The molecule has 0 unspecified atom stereocenters. The lowest BCUT2D eigenvalue weighted by Gasteiger charge is -1.98. The predicted molar refractivity (Wildman–Crippen MR) is 47.9 cm³/mol. The molecule has 0 spiro atoms. The third-order valence-electron chi connectivity index (χ3n) is 1.12. The number of rotatable bonds is 1. The lowest BCUT2D eigenvalue weighted by molar-refractivity contribution is 0.0691. The third-order valence-corrected chi connectivity index (χ3v) is 1.52. The van der Waals surface area contributed by atoms with Crippen LogP contribution >= 0.6 is 24.0 Å². The van der Waals surface area contributed by atoms with Crippen LogP contribution < -0.4 is 5.73 Å². The molecule has 1 heterocycles. The van der Waals surface area contributed by atoms with Crippen LogP contribution in [-0.4, -0.2) is 16.1 Å². The first-order valence-electron chi connectivity index (χ1n) is 2.76. The number of aromatic nitrogens is 1. The Hall–Kier alpha value is -1.00. The quantitative estimate of drug-likeness (QED) is 0.733. The second-order valence-corrected chi connectivity index (χ2v) is 2.25. The van der Waals surface area contributed by atoms with Crippen molar-refractivity contribution in [1.82, 2.24) is 4.98 Å². The minimum absolute atomic E-state index is 0. The summed E-state index contributed by atoms with van der Waals surface area (Å²) >= 11 is 5.52. The molecule has 0 fully saturated rings. The van der Waals surface area contributed by atoms with Gasteiger partial charge in [-0.2, -0.15) is 0 Å². The summed E-state index contributed by atoms with van der Waals surface area (Å²) in [5.41, 5.74) is 5.33. The molecule has 1 rings (SSSR count). The summed E-state index contributed by atoms with van der Waals surface area (Å²) in [6, 6.07) is 1.44. The summed E-state index contributed by atoms with van der Waals surface area (Å²) in [7, 11) is 0. The summed E-state index contributed by atoms with van der Waals surface area (Å²) in [5, 5.41) is 8.47. The number of nitrogen functional groups attached to an aromatic ring is 1. The first kappa shape index (κ1) is 11.0. The number of pyridine rings is 1. The van der Waals surface area contributed by atoms with Gasteiger partial charge in [-0.1, -0.05) is 11.6 Å². The summed E-state index contributed by atoms with van der Waals surface area (Å²) in [4.78, 5) is 13.9. The van der Waals surface area contributed by atoms with Gasteiger partial charge < -0.3 is 10.8 Å². The lowest BCUT2D eigenvalue weighted by atomic mass is 10.3. The van der Waals surface area contributed by atoms with E-state index in [-0.39, 0.29) is 28.8 Å². The number of aromatic carboxylic acids is 1. The summed E-state index contributed by atoms with van der Waals surface area (Å²) in [6.07, 6.45) is 1.30. The van der Waals surface area contributed by atoms with Gasteiger partial charge in [0.15, 0.2) is 5.69 Å². The Morgan fingerprint density at radius 2 is 2.25 bits per heavy atom. The van der Waals surface area contributed by atoms with Crippen molar-refractivity contribution in [2.24, 2.45) is 0 Å². The minimum atomic E-state index is -1.18. The normalized spacial score (nSPS) is 8.75. The molecular formula is C6H6Cl2N2O2. The van der Waals surface area contributed by atoms with Gasteiger partial charge in [-0.25, -0.2) is 9.78 Å². The predicted octanol–water partition coefficient (Wildman–Crippen LogP) is 1.44. The molecule has 0 aliphatic carbocycles. The van der Waals surface area contributed by atoms with E-state index in [1.165, 1.54) is 12.3 Å². The lowest BCUT2D eigenvalue weighted by Crippen LogP contribution is -2.02.